The lowest BCUT2D eigenvalue weighted by Crippen LogP contribution is -2.49. The van der Waals surface area contributed by atoms with Crippen molar-refractivity contribution >= 4 is 16.7 Å². The second-order valence-electron chi connectivity index (χ2n) is 8.66. The first-order valence-electron chi connectivity index (χ1n) is 11.0. The van der Waals surface area contributed by atoms with E-state index in [9.17, 15) is 9.90 Å². The van der Waals surface area contributed by atoms with Crippen LogP contribution in [0.15, 0.2) is 66.7 Å². The zero-order valence-electron chi connectivity index (χ0n) is 17.1. The number of carbonyl (C=O) groups excluding carboxylic acids is 1. The smallest absolute Gasteiger partial charge is 0.223 e. The highest BCUT2D eigenvalue weighted by molar-refractivity contribution is 5.85. The first-order valence-corrected chi connectivity index (χ1v) is 11.0. The molecule has 30 heavy (non-hydrogen) atoms. The average molecular weight is 401 g/mol. The SMILES string of the molecule is O=C(NC1c2ccccc2C[C@H]1O)C1CC(NCCc2cccc3ccccc23)C1. The standard InChI is InChI=1S/C26H28N2O2/c29-24-16-19-7-2-4-11-23(19)25(24)28-26(30)20-14-21(15-20)27-13-12-18-9-5-8-17-6-1-3-10-22(17)18/h1-11,20-21,24-25,27,29H,12-16H2,(H,28,30)/t20?,21?,24-,25?/m1/s1. The van der Waals surface area contributed by atoms with Crippen molar-refractivity contribution in [1.29, 1.82) is 0 Å². The Labute approximate surface area is 177 Å². The van der Waals surface area contributed by atoms with Crippen LogP contribution in [0.1, 0.15) is 35.6 Å². The maximum absolute atomic E-state index is 12.7. The Bertz CT molecular complexity index is 1050. The molecule has 2 aliphatic carbocycles. The molecule has 2 atom stereocenters. The summed E-state index contributed by atoms with van der Waals surface area (Å²) in [6, 6.07) is 23.1. The van der Waals surface area contributed by atoms with Crippen LogP contribution in [-0.4, -0.2) is 29.7 Å². The lowest BCUT2D eigenvalue weighted by atomic mass is 9.79. The Balaban J connectivity index is 1.10. The van der Waals surface area contributed by atoms with Crippen LogP contribution < -0.4 is 10.6 Å². The number of aliphatic hydroxyl groups is 1. The van der Waals surface area contributed by atoms with E-state index in [0.717, 1.165) is 36.9 Å². The van der Waals surface area contributed by atoms with Gasteiger partial charge >= 0.3 is 0 Å². The van der Waals surface area contributed by atoms with Gasteiger partial charge in [0.1, 0.15) is 0 Å². The molecule has 0 aliphatic heterocycles. The molecular weight excluding hydrogens is 372 g/mol. The molecule has 0 radical (unpaired) electrons. The van der Waals surface area contributed by atoms with Crippen molar-refractivity contribution in [2.45, 2.75) is 43.9 Å². The Morgan fingerprint density at radius 1 is 0.967 bits per heavy atom. The van der Waals surface area contributed by atoms with Gasteiger partial charge < -0.3 is 15.7 Å². The number of hydrogen-bond acceptors (Lipinski definition) is 3. The molecule has 1 fully saturated rings. The first kappa shape index (κ1) is 19.3. The van der Waals surface area contributed by atoms with E-state index >= 15 is 0 Å². The molecule has 0 aromatic heterocycles. The van der Waals surface area contributed by atoms with Crippen molar-refractivity contribution in [2.24, 2.45) is 5.92 Å². The summed E-state index contributed by atoms with van der Waals surface area (Å²) in [6.45, 7) is 0.918. The molecule has 3 aromatic carbocycles. The topological polar surface area (TPSA) is 61.4 Å². The molecule has 1 unspecified atom stereocenters. The fraction of sp³-hybridized carbons (Fsp3) is 0.346. The molecule has 4 heteroatoms. The van der Waals surface area contributed by atoms with Crippen LogP contribution in [0.25, 0.3) is 10.8 Å². The predicted molar refractivity (Wildman–Crippen MR) is 119 cm³/mol. The van der Waals surface area contributed by atoms with Crippen LogP contribution in [0.3, 0.4) is 0 Å². The minimum atomic E-state index is -0.527. The maximum Gasteiger partial charge on any atom is 0.223 e. The first-order chi connectivity index (χ1) is 14.7. The van der Waals surface area contributed by atoms with Crippen LogP contribution in [0, 0.1) is 5.92 Å². The van der Waals surface area contributed by atoms with Crippen LogP contribution in [-0.2, 0) is 17.6 Å². The maximum atomic E-state index is 12.7. The van der Waals surface area contributed by atoms with Crippen LogP contribution in [0.4, 0.5) is 0 Å². The van der Waals surface area contributed by atoms with Gasteiger partial charge in [-0.25, -0.2) is 0 Å². The summed E-state index contributed by atoms with van der Waals surface area (Å²) >= 11 is 0. The fourth-order valence-corrected chi connectivity index (χ4v) is 4.94. The normalized spacial score (nSPS) is 25.0. The van der Waals surface area contributed by atoms with Crippen molar-refractivity contribution in [1.82, 2.24) is 10.6 Å². The highest BCUT2D eigenvalue weighted by Gasteiger charge is 2.38. The Kier molecular flexibility index (Phi) is 5.28. The van der Waals surface area contributed by atoms with Gasteiger partial charge in [0.2, 0.25) is 5.91 Å². The van der Waals surface area contributed by atoms with E-state index in [0.29, 0.717) is 12.5 Å². The van der Waals surface area contributed by atoms with E-state index in [4.69, 9.17) is 0 Å². The lowest BCUT2D eigenvalue weighted by molar-refractivity contribution is -0.129. The fourth-order valence-electron chi connectivity index (χ4n) is 4.94. The number of fused-ring (bicyclic) bond motifs is 2. The summed E-state index contributed by atoms with van der Waals surface area (Å²) in [6.07, 6.45) is 2.81. The molecule has 1 saturated carbocycles. The summed E-state index contributed by atoms with van der Waals surface area (Å²) in [5, 5.41) is 19.7. The van der Waals surface area contributed by atoms with Gasteiger partial charge in [0.05, 0.1) is 12.1 Å². The summed E-state index contributed by atoms with van der Waals surface area (Å²) in [5.41, 5.74) is 3.56. The third-order valence-corrected chi connectivity index (χ3v) is 6.72. The van der Waals surface area contributed by atoms with Crippen molar-refractivity contribution in [3.63, 3.8) is 0 Å². The molecule has 2 aliphatic rings. The van der Waals surface area contributed by atoms with Gasteiger partial charge in [0.15, 0.2) is 0 Å². The van der Waals surface area contributed by atoms with Gasteiger partial charge in [-0.1, -0.05) is 66.7 Å². The monoisotopic (exact) mass is 400 g/mol. The molecule has 0 saturated heterocycles. The molecule has 0 heterocycles. The van der Waals surface area contributed by atoms with Crippen molar-refractivity contribution in [3.05, 3.63) is 83.4 Å². The van der Waals surface area contributed by atoms with E-state index in [1.54, 1.807) is 0 Å². The number of amides is 1. The van der Waals surface area contributed by atoms with Crippen LogP contribution in [0.2, 0.25) is 0 Å². The average Bonchev–Trinajstić information content (AvgIpc) is 3.05. The van der Waals surface area contributed by atoms with Crippen molar-refractivity contribution < 1.29 is 9.90 Å². The Morgan fingerprint density at radius 2 is 1.73 bits per heavy atom. The third-order valence-electron chi connectivity index (χ3n) is 6.72. The summed E-state index contributed by atoms with van der Waals surface area (Å²) in [7, 11) is 0. The lowest BCUT2D eigenvalue weighted by Gasteiger charge is -2.36. The number of rotatable bonds is 6. The molecule has 5 rings (SSSR count). The second-order valence-corrected chi connectivity index (χ2v) is 8.66. The zero-order valence-corrected chi connectivity index (χ0v) is 17.1. The van der Waals surface area contributed by atoms with E-state index in [2.05, 4.69) is 53.1 Å². The largest absolute Gasteiger partial charge is 0.390 e. The molecule has 154 valence electrons. The van der Waals surface area contributed by atoms with Crippen molar-refractivity contribution in [3.8, 4) is 0 Å². The summed E-state index contributed by atoms with van der Waals surface area (Å²) in [5.74, 6) is 0.114. The van der Waals surface area contributed by atoms with Gasteiger partial charge in [-0.15, -0.1) is 0 Å². The number of aliphatic hydroxyl groups excluding tert-OH is 1. The molecule has 0 spiro atoms. The van der Waals surface area contributed by atoms with Gasteiger partial charge in [0, 0.05) is 18.4 Å². The van der Waals surface area contributed by atoms with Gasteiger partial charge in [-0.2, -0.15) is 0 Å². The molecule has 3 aromatic rings. The molecule has 0 bridgehead atoms. The van der Waals surface area contributed by atoms with Gasteiger partial charge in [0.25, 0.3) is 0 Å². The predicted octanol–water partition coefficient (Wildman–Crippen LogP) is 3.53. The van der Waals surface area contributed by atoms with Crippen LogP contribution in [0.5, 0.6) is 0 Å². The molecule has 4 nitrogen and oxygen atoms in total. The molecular formula is C26H28N2O2. The quantitative estimate of drug-likeness (QED) is 0.593. The molecule has 3 N–H and O–H groups in total. The number of benzene rings is 3. The Hall–Kier alpha value is -2.69. The minimum absolute atomic E-state index is 0.0417. The van der Waals surface area contributed by atoms with E-state index in [1.165, 1.54) is 16.3 Å². The Morgan fingerprint density at radius 3 is 2.63 bits per heavy atom. The number of nitrogens with one attached hydrogen (secondary N) is 2. The van der Waals surface area contributed by atoms with Crippen molar-refractivity contribution in [2.75, 3.05) is 6.54 Å². The third kappa shape index (κ3) is 3.73. The number of carbonyl (C=O) groups is 1. The van der Waals surface area contributed by atoms with E-state index in [-0.39, 0.29) is 17.9 Å². The highest BCUT2D eigenvalue weighted by Crippen LogP contribution is 2.33. The number of hydrogen-bond donors (Lipinski definition) is 3. The summed E-state index contributed by atoms with van der Waals surface area (Å²) in [4.78, 5) is 12.7. The van der Waals surface area contributed by atoms with E-state index < -0.39 is 6.10 Å². The molecule has 1 amide bonds. The highest BCUT2D eigenvalue weighted by atomic mass is 16.3. The van der Waals surface area contributed by atoms with Crippen LogP contribution >= 0.6 is 0 Å². The van der Waals surface area contributed by atoms with Gasteiger partial charge in [-0.05, 0) is 53.3 Å². The second kappa shape index (κ2) is 8.21. The zero-order chi connectivity index (χ0) is 20.5. The summed E-state index contributed by atoms with van der Waals surface area (Å²) < 4.78 is 0. The van der Waals surface area contributed by atoms with Gasteiger partial charge in [-0.3, -0.25) is 4.79 Å². The minimum Gasteiger partial charge on any atom is -0.390 e. The van der Waals surface area contributed by atoms with E-state index in [1.807, 2.05) is 24.3 Å².